The van der Waals surface area contributed by atoms with Gasteiger partial charge in [0, 0.05) is 18.8 Å². The monoisotopic (exact) mass is 435 g/mol. The van der Waals surface area contributed by atoms with Crippen molar-refractivity contribution >= 4 is 33.2 Å². The standard InChI is InChI=1S/C19H18ClN3O5S/c1-29(26,27)21-9-8-13-2-4-14(5-3-13)19(25)28-12-16-10-18(24)23-11-15(20)6-7-17(23)22-16/h2-7,10-11,21H,8-9,12H2,1H3. The molecule has 0 unspecified atom stereocenters. The van der Waals surface area contributed by atoms with Crippen LogP contribution in [-0.2, 0) is 27.8 Å². The van der Waals surface area contributed by atoms with Crippen LogP contribution in [0.3, 0.4) is 0 Å². The Morgan fingerprint density at radius 2 is 1.93 bits per heavy atom. The van der Waals surface area contributed by atoms with Crippen LogP contribution in [0.15, 0.2) is 53.5 Å². The van der Waals surface area contributed by atoms with Crippen molar-refractivity contribution in [1.29, 1.82) is 0 Å². The highest BCUT2D eigenvalue weighted by molar-refractivity contribution is 7.88. The molecule has 0 aliphatic heterocycles. The van der Waals surface area contributed by atoms with E-state index in [0.29, 0.717) is 28.3 Å². The van der Waals surface area contributed by atoms with E-state index in [1.54, 1.807) is 36.4 Å². The lowest BCUT2D eigenvalue weighted by Gasteiger charge is -2.07. The average Bonchev–Trinajstić information content (AvgIpc) is 2.66. The van der Waals surface area contributed by atoms with Gasteiger partial charge in [-0.2, -0.15) is 0 Å². The summed E-state index contributed by atoms with van der Waals surface area (Å²) < 4.78 is 31.1. The third kappa shape index (κ3) is 5.86. The molecule has 152 valence electrons. The number of hydrogen-bond acceptors (Lipinski definition) is 6. The Hall–Kier alpha value is -2.75. The molecule has 0 bridgehead atoms. The number of benzene rings is 1. The fourth-order valence-electron chi connectivity index (χ4n) is 2.61. The normalized spacial score (nSPS) is 11.5. The molecular formula is C19H18ClN3O5S. The van der Waals surface area contributed by atoms with Crippen molar-refractivity contribution in [3.05, 3.63) is 80.9 Å². The molecule has 0 amide bonds. The fourth-order valence-corrected chi connectivity index (χ4v) is 3.24. The van der Waals surface area contributed by atoms with Gasteiger partial charge in [-0.05, 0) is 36.2 Å². The Morgan fingerprint density at radius 3 is 2.62 bits per heavy atom. The summed E-state index contributed by atoms with van der Waals surface area (Å²) >= 11 is 5.87. The van der Waals surface area contributed by atoms with Crippen LogP contribution in [0.1, 0.15) is 21.6 Å². The summed E-state index contributed by atoms with van der Waals surface area (Å²) in [5.41, 5.74) is 1.62. The van der Waals surface area contributed by atoms with Crippen molar-refractivity contribution in [2.45, 2.75) is 13.0 Å². The van der Waals surface area contributed by atoms with E-state index in [-0.39, 0.29) is 18.7 Å². The predicted molar refractivity (Wildman–Crippen MR) is 109 cm³/mol. The summed E-state index contributed by atoms with van der Waals surface area (Å²) in [5, 5.41) is 0.413. The quantitative estimate of drug-likeness (QED) is 0.567. The zero-order valence-corrected chi connectivity index (χ0v) is 17.0. The summed E-state index contributed by atoms with van der Waals surface area (Å²) in [5.74, 6) is -0.552. The number of ether oxygens (including phenoxy) is 1. The lowest BCUT2D eigenvalue weighted by atomic mass is 10.1. The minimum Gasteiger partial charge on any atom is -0.456 e. The van der Waals surface area contributed by atoms with Gasteiger partial charge in [-0.15, -0.1) is 0 Å². The average molecular weight is 436 g/mol. The van der Waals surface area contributed by atoms with E-state index in [4.69, 9.17) is 16.3 Å². The molecule has 2 heterocycles. The van der Waals surface area contributed by atoms with Gasteiger partial charge in [-0.3, -0.25) is 9.20 Å². The first kappa shape index (κ1) is 21.0. The van der Waals surface area contributed by atoms with Gasteiger partial charge in [0.15, 0.2) is 0 Å². The van der Waals surface area contributed by atoms with Crippen molar-refractivity contribution < 1.29 is 17.9 Å². The molecule has 0 saturated carbocycles. The van der Waals surface area contributed by atoms with Gasteiger partial charge in [0.25, 0.3) is 5.56 Å². The maximum Gasteiger partial charge on any atom is 0.338 e. The molecule has 0 aliphatic rings. The van der Waals surface area contributed by atoms with E-state index in [1.165, 1.54) is 16.7 Å². The third-order valence-corrected chi connectivity index (χ3v) is 4.95. The van der Waals surface area contributed by atoms with Crippen LogP contribution >= 0.6 is 11.6 Å². The van der Waals surface area contributed by atoms with Gasteiger partial charge >= 0.3 is 5.97 Å². The van der Waals surface area contributed by atoms with E-state index in [0.717, 1.165) is 11.8 Å². The van der Waals surface area contributed by atoms with Gasteiger partial charge in [-0.1, -0.05) is 23.7 Å². The molecule has 0 fully saturated rings. The second-order valence-corrected chi connectivity index (χ2v) is 8.62. The number of halogens is 1. The Kier molecular flexibility index (Phi) is 6.31. The van der Waals surface area contributed by atoms with Crippen LogP contribution in [0, 0.1) is 0 Å². The largest absolute Gasteiger partial charge is 0.456 e. The molecule has 8 nitrogen and oxygen atoms in total. The molecule has 29 heavy (non-hydrogen) atoms. The highest BCUT2D eigenvalue weighted by atomic mass is 35.5. The molecule has 0 spiro atoms. The van der Waals surface area contributed by atoms with Crippen LogP contribution in [0.2, 0.25) is 5.02 Å². The Balaban J connectivity index is 1.61. The highest BCUT2D eigenvalue weighted by Gasteiger charge is 2.10. The summed E-state index contributed by atoms with van der Waals surface area (Å²) in [6.07, 6.45) is 3.06. The Morgan fingerprint density at radius 1 is 1.21 bits per heavy atom. The van der Waals surface area contributed by atoms with E-state index < -0.39 is 16.0 Å². The van der Waals surface area contributed by atoms with E-state index >= 15 is 0 Å². The van der Waals surface area contributed by atoms with Gasteiger partial charge in [-0.25, -0.2) is 22.9 Å². The first-order valence-electron chi connectivity index (χ1n) is 8.60. The number of carbonyl (C=O) groups is 1. The number of pyridine rings is 1. The molecule has 2 aromatic heterocycles. The molecule has 3 aromatic rings. The molecule has 0 radical (unpaired) electrons. The first-order valence-corrected chi connectivity index (χ1v) is 10.9. The van der Waals surface area contributed by atoms with E-state index in [2.05, 4.69) is 9.71 Å². The SMILES string of the molecule is CS(=O)(=O)NCCc1ccc(C(=O)OCc2cc(=O)n3cc(Cl)ccc3n2)cc1. The molecule has 3 rings (SSSR count). The number of aromatic nitrogens is 2. The number of hydrogen-bond donors (Lipinski definition) is 1. The van der Waals surface area contributed by atoms with Gasteiger partial charge in [0.1, 0.15) is 12.3 Å². The van der Waals surface area contributed by atoms with Crippen molar-refractivity contribution in [2.75, 3.05) is 12.8 Å². The lowest BCUT2D eigenvalue weighted by Crippen LogP contribution is -2.24. The third-order valence-electron chi connectivity index (χ3n) is 4.00. The Labute approximate surface area is 172 Å². The van der Waals surface area contributed by atoms with Crippen LogP contribution in [0.4, 0.5) is 0 Å². The molecule has 0 atom stereocenters. The van der Waals surface area contributed by atoms with Crippen molar-refractivity contribution in [2.24, 2.45) is 0 Å². The number of rotatable bonds is 7. The van der Waals surface area contributed by atoms with Crippen molar-refractivity contribution in [3.63, 3.8) is 0 Å². The Bertz CT molecular complexity index is 1210. The second-order valence-electron chi connectivity index (χ2n) is 6.35. The van der Waals surface area contributed by atoms with Crippen LogP contribution < -0.4 is 10.3 Å². The maximum absolute atomic E-state index is 12.2. The van der Waals surface area contributed by atoms with E-state index in [1.807, 2.05) is 0 Å². The lowest BCUT2D eigenvalue weighted by molar-refractivity contribution is 0.0467. The number of esters is 1. The van der Waals surface area contributed by atoms with Gasteiger partial charge < -0.3 is 4.74 Å². The molecule has 1 aromatic carbocycles. The number of nitrogens with one attached hydrogen (secondary N) is 1. The highest BCUT2D eigenvalue weighted by Crippen LogP contribution is 2.10. The second kappa shape index (κ2) is 8.73. The first-order chi connectivity index (χ1) is 13.7. The smallest absolute Gasteiger partial charge is 0.338 e. The number of sulfonamides is 1. The topological polar surface area (TPSA) is 107 Å². The van der Waals surface area contributed by atoms with Crippen molar-refractivity contribution in [1.82, 2.24) is 14.1 Å². The van der Waals surface area contributed by atoms with Crippen LogP contribution in [0.5, 0.6) is 0 Å². The van der Waals surface area contributed by atoms with E-state index in [9.17, 15) is 18.0 Å². The van der Waals surface area contributed by atoms with Gasteiger partial charge in [0.2, 0.25) is 10.0 Å². The minimum atomic E-state index is -3.23. The molecule has 0 aliphatic carbocycles. The minimum absolute atomic E-state index is 0.146. The molecule has 1 N–H and O–H groups in total. The zero-order chi connectivity index (χ0) is 21.0. The summed E-state index contributed by atoms with van der Waals surface area (Å²) in [4.78, 5) is 28.6. The summed E-state index contributed by atoms with van der Waals surface area (Å²) in [6.45, 7) is 0.129. The number of fused-ring (bicyclic) bond motifs is 1. The fraction of sp³-hybridized carbons (Fsp3) is 0.211. The molecule has 0 saturated heterocycles. The van der Waals surface area contributed by atoms with Crippen molar-refractivity contribution in [3.8, 4) is 0 Å². The summed E-state index contributed by atoms with van der Waals surface area (Å²) in [6, 6.07) is 11.2. The van der Waals surface area contributed by atoms with Crippen LogP contribution in [-0.4, -0.2) is 36.6 Å². The summed E-state index contributed by atoms with van der Waals surface area (Å²) in [7, 11) is -3.23. The number of nitrogens with zero attached hydrogens (tertiary/aromatic N) is 2. The molecular weight excluding hydrogens is 418 g/mol. The molecule has 10 heteroatoms. The zero-order valence-electron chi connectivity index (χ0n) is 15.5. The number of carbonyl (C=O) groups excluding carboxylic acids is 1. The van der Waals surface area contributed by atoms with Gasteiger partial charge in [0.05, 0.1) is 22.5 Å². The van der Waals surface area contributed by atoms with Crippen LogP contribution in [0.25, 0.3) is 5.65 Å². The maximum atomic E-state index is 12.2. The predicted octanol–water partition coefficient (Wildman–Crippen LogP) is 1.80.